The molecule has 1 atom stereocenters. The van der Waals surface area contributed by atoms with Crippen molar-refractivity contribution in [3.63, 3.8) is 0 Å². The monoisotopic (exact) mass is 1080 g/mol. The average Bonchev–Trinajstić information content (AvgIpc) is 3.44. The predicted molar refractivity (Wildman–Crippen MR) is 339 cm³/mol. The lowest BCUT2D eigenvalue weighted by atomic mass is 10.1. The molecule has 6 nitrogen and oxygen atoms in total. The molecule has 0 aromatic rings. The molecular formula is C72H124O6. The van der Waals surface area contributed by atoms with Crippen LogP contribution < -0.4 is 0 Å². The molecule has 1 unspecified atom stereocenters. The van der Waals surface area contributed by atoms with Crippen LogP contribution in [0.15, 0.2) is 97.2 Å². The second-order valence-electron chi connectivity index (χ2n) is 22.0. The van der Waals surface area contributed by atoms with Crippen molar-refractivity contribution >= 4 is 17.9 Å². The lowest BCUT2D eigenvalue weighted by molar-refractivity contribution is -0.167. The first kappa shape index (κ1) is 74.3. The van der Waals surface area contributed by atoms with Crippen LogP contribution in [0.25, 0.3) is 0 Å². The molecule has 0 rings (SSSR count). The van der Waals surface area contributed by atoms with Gasteiger partial charge in [-0.25, -0.2) is 0 Å². The van der Waals surface area contributed by atoms with E-state index in [1.807, 2.05) is 0 Å². The van der Waals surface area contributed by atoms with Crippen LogP contribution in [-0.4, -0.2) is 37.2 Å². The van der Waals surface area contributed by atoms with Gasteiger partial charge < -0.3 is 14.2 Å². The Labute approximate surface area is 483 Å². The van der Waals surface area contributed by atoms with Gasteiger partial charge in [0.15, 0.2) is 6.10 Å². The van der Waals surface area contributed by atoms with Gasteiger partial charge in [0.05, 0.1) is 0 Å². The lowest BCUT2D eigenvalue weighted by Crippen LogP contribution is -2.30. The van der Waals surface area contributed by atoms with E-state index in [4.69, 9.17) is 14.2 Å². The molecule has 0 bridgehead atoms. The number of unbranched alkanes of at least 4 members (excludes halogenated alkanes) is 33. The Hall–Kier alpha value is -3.67. The molecule has 0 radical (unpaired) electrons. The summed E-state index contributed by atoms with van der Waals surface area (Å²) in [5.41, 5.74) is 0. The van der Waals surface area contributed by atoms with E-state index in [1.165, 1.54) is 173 Å². The first-order valence-electron chi connectivity index (χ1n) is 33.2. The van der Waals surface area contributed by atoms with Crippen LogP contribution in [0.2, 0.25) is 0 Å². The van der Waals surface area contributed by atoms with Crippen LogP contribution in [0.4, 0.5) is 0 Å². The third-order valence-electron chi connectivity index (χ3n) is 14.3. The molecule has 0 N–H and O–H groups in total. The zero-order valence-corrected chi connectivity index (χ0v) is 51.4. The van der Waals surface area contributed by atoms with Crippen molar-refractivity contribution in [2.75, 3.05) is 13.2 Å². The molecule has 0 spiro atoms. The SMILES string of the molecule is CC/C=C\C/C=C\C/C=C\C/C=C\C/C=C\C/C=C\CCCCCCCCC(=O)OCC(COC(=O)CCCCCCCCC/C=C\CCCCCCCC)OC(=O)CCCCCCCCC/C=C\CCCCCCCCC. The first-order valence-corrected chi connectivity index (χ1v) is 33.2. The largest absolute Gasteiger partial charge is 0.462 e. The predicted octanol–water partition coefficient (Wildman–Crippen LogP) is 22.8. The Balaban J connectivity index is 4.41. The molecule has 0 heterocycles. The highest BCUT2D eigenvalue weighted by atomic mass is 16.6. The van der Waals surface area contributed by atoms with E-state index in [1.54, 1.807) is 0 Å². The maximum Gasteiger partial charge on any atom is 0.306 e. The second kappa shape index (κ2) is 65.8. The summed E-state index contributed by atoms with van der Waals surface area (Å²) in [6.07, 6.45) is 88.4. The smallest absolute Gasteiger partial charge is 0.306 e. The van der Waals surface area contributed by atoms with Crippen molar-refractivity contribution in [3.8, 4) is 0 Å². The number of hydrogen-bond donors (Lipinski definition) is 0. The Bertz CT molecular complexity index is 1530. The van der Waals surface area contributed by atoms with Crippen LogP contribution in [0.1, 0.15) is 323 Å². The molecule has 0 aliphatic carbocycles. The van der Waals surface area contributed by atoms with E-state index in [0.717, 1.165) is 109 Å². The highest BCUT2D eigenvalue weighted by Gasteiger charge is 2.19. The van der Waals surface area contributed by atoms with Gasteiger partial charge >= 0.3 is 17.9 Å². The van der Waals surface area contributed by atoms with Crippen LogP contribution in [0, 0.1) is 0 Å². The summed E-state index contributed by atoms with van der Waals surface area (Å²) in [5, 5.41) is 0. The fraction of sp³-hybridized carbons (Fsp3) is 0.736. The molecule has 0 aromatic heterocycles. The van der Waals surface area contributed by atoms with E-state index < -0.39 is 6.10 Å². The number of hydrogen-bond acceptors (Lipinski definition) is 6. The van der Waals surface area contributed by atoms with Gasteiger partial charge in [0.2, 0.25) is 0 Å². The second-order valence-corrected chi connectivity index (χ2v) is 22.0. The van der Waals surface area contributed by atoms with Crippen molar-refractivity contribution in [2.24, 2.45) is 0 Å². The Kier molecular flexibility index (Phi) is 62.7. The van der Waals surface area contributed by atoms with E-state index in [0.29, 0.717) is 19.3 Å². The first-order chi connectivity index (χ1) is 38.5. The molecule has 0 saturated carbocycles. The van der Waals surface area contributed by atoms with Crippen LogP contribution in [0.3, 0.4) is 0 Å². The summed E-state index contributed by atoms with van der Waals surface area (Å²) in [6.45, 7) is 6.53. The van der Waals surface area contributed by atoms with Crippen molar-refractivity contribution in [1.82, 2.24) is 0 Å². The lowest BCUT2D eigenvalue weighted by Gasteiger charge is -2.18. The van der Waals surface area contributed by atoms with Crippen molar-refractivity contribution in [2.45, 2.75) is 329 Å². The number of ether oxygens (including phenoxy) is 3. The minimum atomic E-state index is -0.790. The van der Waals surface area contributed by atoms with Crippen LogP contribution >= 0.6 is 0 Å². The number of allylic oxidation sites excluding steroid dienone is 16. The summed E-state index contributed by atoms with van der Waals surface area (Å²) in [4.78, 5) is 38.4. The third kappa shape index (κ3) is 63.2. The van der Waals surface area contributed by atoms with E-state index in [9.17, 15) is 14.4 Å². The highest BCUT2D eigenvalue weighted by molar-refractivity contribution is 5.71. The summed E-state index contributed by atoms with van der Waals surface area (Å²) >= 11 is 0. The fourth-order valence-corrected chi connectivity index (χ4v) is 9.32. The van der Waals surface area contributed by atoms with Gasteiger partial charge in [0.25, 0.3) is 0 Å². The van der Waals surface area contributed by atoms with Crippen molar-refractivity contribution in [3.05, 3.63) is 97.2 Å². The zero-order chi connectivity index (χ0) is 56.4. The Morgan fingerprint density at radius 1 is 0.269 bits per heavy atom. The topological polar surface area (TPSA) is 78.9 Å². The molecule has 0 fully saturated rings. The average molecular weight is 1090 g/mol. The third-order valence-corrected chi connectivity index (χ3v) is 14.3. The molecule has 0 aromatic carbocycles. The minimum absolute atomic E-state index is 0.0852. The number of carbonyl (C=O) groups is 3. The molecule has 0 amide bonds. The van der Waals surface area contributed by atoms with Crippen molar-refractivity contribution in [1.29, 1.82) is 0 Å². The summed E-state index contributed by atoms with van der Waals surface area (Å²) in [6, 6.07) is 0. The van der Waals surface area contributed by atoms with Gasteiger partial charge in [-0.1, -0.05) is 279 Å². The number of esters is 3. The standard InChI is InChI=1S/C72H124O6/c1-4-7-10-13-16-19-22-25-28-31-33-34-35-36-37-38-39-42-44-47-50-53-56-59-62-65-71(74)77-68-69(67-76-70(73)64-61-58-55-52-49-46-43-40-30-27-24-21-18-15-12-9-6-3)78-72(75)66-63-60-57-54-51-48-45-41-32-29-26-23-20-17-14-11-8-5-2/h7,10,16,19,25,27-30,32-34,36-37,39,42,69H,4-6,8-9,11-15,17-18,20-24,26,31,35,38,40-41,43-68H2,1-3H3/b10-7-,19-16-,28-25-,30-27-,32-29-,34-33-,37-36-,42-39-. The van der Waals surface area contributed by atoms with E-state index in [2.05, 4.69) is 118 Å². The molecule has 448 valence electrons. The molecule has 0 aliphatic rings. The van der Waals surface area contributed by atoms with Crippen LogP contribution in [0.5, 0.6) is 0 Å². The Morgan fingerprint density at radius 2 is 0.500 bits per heavy atom. The van der Waals surface area contributed by atoms with Gasteiger partial charge in [-0.2, -0.15) is 0 Å². The van der Waals surface area contributed by atoms with E-state index >= 15 is 0 Å². The van der Waals surface area contributed by atoms with Gasteiger partial charge in [-0.15, -0.1) is 0 Å². The summed E-state index contributed by atoms with van der Waals surface area (Å²) in [7, 11) is 0. The normalized spacial score (nSPS) is 12.7. The van der Waals surface area contributed by atoms with Gasteiger partial charge in [0, 0.05) is 19.3 Å². The number of carbonyl (C=O) groups excluding carboxylic acids is 3. The minimum Gasteiger partial charge on any atom is -0.462 e. The van der Waals surface area contributed by atoms with E-state index in [-0.39, 0.29) is 31.1 Å². The van der Waals surface area contributed by atoms with Crippen LogP contribution in [-0.2, 0) is 28.6 Å². The van der Waals surface area contributed by atoms with Crippen molar-refractivity contribution < 1.29 is 28.6 Å². The quantitative estimate of drug-likeness (QED) is 0.0261. The molecule has 6 heteroatoms. The summed E-state index contributed by atoms with van der Waals surface area (Å²) < 4.78 is 17.0. The maximum absolute atomic E-state index is 12.9. The molecule has 0 saturated heterocycles. The highest BCUT2D eigenvalue weighted by Crippen LogP contribution is 2.16. The Morgan fingerprint density at radius 3 is 0.795 bits per heavy atom. The van der Waals surface area contributed by atoms with Gasteiger partial charge in [-0.05, 0) is 122 Å². The molecule has 0 aliphatic heterocycles. The maximum atomic E-state index is 12.9. The fourth-order valence-electron chi connectivity index (χ4n) is 9.32. The number of rotatable bonds is 60. The van der Waals surface area contributed by atoms with Gasteiger partial charge in [0.1, 0.15) is 13.2 Å². The zero-order valence-electron chi connectivity index (χ0n) is 51.4. The van der Waals surface area contributed by atoms with Gasteiger partial charge in [-0.3, -0.25) is 14.4 Å². The molecule has 78 heavy (non-hydrogen) atoms. The summed E-state index contributed by atoms with van der Waals surface area (Å²) in [5.74, 6) is -0.896. The molecular weight excluding hydrogens is 961 g/mol.